The second-order valence-corrected chi connectivity index (χ2v) is 4.07. The van der Waals surface area contributed by atoms with Crippen LogP contribution in [0.3, 0.4) is 0 Å². The molecule has 17 heavy (non-hydrogen) atoms. The summed E-state index contributed by atoms with van der Waals surface area (Å²) in [6.45, 7) is 7.24. The quantitative estimate of drug-likeness (QED) is 0.704. The van der Waals surface area contributed by atoms with E-state index in [0.717, 1.165) is 13.1 Å². The van der Waals surface area contributed by atoms with Gasteiger partial charge in [0.1, 0.15) is 0 Å². The second-order valence-electron chi connectivity index (χ2n) is 4.07. The molecule has 0 heterocycles. The van der Waals surface area contributed by atoms with Gasteiger partial charge in [-0.3, -0.25) is 0 Å². The Labute approximate surface area is 104 Å². The van der Waals surface area contributed by atoms with Crippen molar-refractivity contribution < 1.29 is 9.47 Å². The number of hydrogen-bond acceptors (Lipinski definition) is 3. The van der Waals surface area contributed by atoms with Gasteiger partial charge in [-0.2, -0.15) is 0 Å². The van der Waals surface area contributed by atoms with E-state index in [-0.39, 0.29) is 6.10 Å². The predicted molar refractivity (Wildman–Crippen MR) is 70.3 cm³/mol. The number of methoxy groups -OCH3 is 1. The first-order valence-corrected chi connectivity index (χ1v) is 6.15. The van der Waals surface area contributed by atoms with E-state index < -0.39 is 0 Å². The van der Waals surface area contributed by atoms with Crippen molar-refractivity contribution in [1.82, 2.24) is 5.32 Å². The van der Waals surface area contributed by atoms with Crippen LogP contribution in [0.25, 0.3) is 0 Å². The van der Waals surface area contributed by atoms with Crippen LogP contribution in [-0.2, 0) is 9.47 Å². The number of hydrogen-bond donors (Lipinski definition) is 1. The van der Waals surface area contributed by atoms with E-state index >= 15 is 0 Å². The number of ether oxygens (including phenoxy) is 2. The fraction of sp³-hybridized carbons (Fsp3) is 0.571. The summed E-state index contributed by atoms with van der Waals surface area (Å²) in [6, 6.07) is 8.50. The van der Waals surface area contributed by atoms with Crippen LogP contribution in [0, 0.1) is 6.92 Å². The lowest BCUT2D eigenvalue weighted by Gasteiger charge is -2.18. The first kappa shape index (κ1) is 14.2. The lowest BCUT2D eigenvalue weighted by molar-refractivity contribution is 0.0169. The molecule has 1 atom stereocenters. The third-order valence-electron chi connectivity index (χ3n) is 2.64. The molecule has 1 unspecified atom stereocenters. The molecule has 0 saturated carbocycles. The van der Waals surface area contributed by atoms with Crippen molar-refractivity contribution in [3.63, 3.8) is 0 Å². The summed E-state index contributed by atoms with van der Waals surface area (Å²) in [7, 11) is 1.69. The first-order valence-electron chi connectivity index (χ1n) is 6.15. The van der Waals surface area contributed by atoms with Gasteiger partial charge in [-0.1, -0.05) is 36.8 Å². The Hall–Kier alpha value is -0.900. The summed E-state index contributed by atoms with van der Waals surface area (Å²) in [5.41, 5.74) is 2.49. The van der Waals surface area contributed by atoms with Crippen molar-refractivity contribution in [2.24, 2.45) is 0 Å². The van der Waals surface area contributed by atoms with Gasteiger partial charge in [-0.25, -0.2) is 0 Å². The standard InChI is InChI=1S/C14H23NO2/c1-4-15-11-14(17-10-9-16-3)13-7-5-12(2)6-8-13/h5-8,14-15H,4,9-11H2,1-3H3. The highest BCUT2D eigenvalue weighted by atomic mass is 16.5. The molecule has 0 aliphatic rings. The molecule has 0 bridgehead atoms. The zero-order valence-corrected chi connectivity index (χ0v) is 11.0. The predicted octanol–water partition coefficient (Wildman–Crippen LogP) is 2.31. The van der Waals surface area contributed by atoms with Crippen molar-refractivity contribution in [3.8, 4) is 0 Å². The molecule has 1 rings (SSSR count). The molecule has 0 saturated heterocycles. The van der Waals surface area contributed by atoms with E-state index in [4.69, 9.17) is 9.47 Å². The molecule has 1 aromatic rings. The average molecular weight is 237 g/mol. The van der Waals surface area contributed by atoms with E-state index in [0.29, 0.717) is 13.2 Å². The minimum absolute atomic E-state index is 0.102. The topological polar surface area (TPSA) is 30.5 Å². The molecular weight excluding hydrogens is 214 g/mol. The Morgan fingerprint density at radius 2 is 1.88 bits per heavy atom. The summed E-state index contributed by atoms with van der Waals surface area (Å²) in [5, 5.41) is 3.32. The maximum atomic E-state index is 5.82. The Morgan fingerprint density at radius 3 is 2.47 bits per heavy atom. The van der Waals surface area contributed by atoms with Gasteiger partial charge in [0.2, 0.25) is 0 Å². The summed E-state index contributed by atoms with van der Waals surface area (Å²) in [4.78, 5) is 0. The molecule has 0 fully saturated rings. The van der Waals surface area contributed by atoms with Crippen molar-refractivity contribution in [2.75, 3.05) is 33.4 Å². The van der Waals surface area contributed by atoms with Crippen molar-refractivity contribution in [1.29, 1.82) is 0 Å². The van der Waals surface area contributed by atoms with Crippen LogP contribution in [0.15, 0.2) is 24.3 Å². The highest BCUT2D eigenvalue weighted by molar-refractivity contribution is 5.23. The number of benzene rings is 1. The maximum Gasteiger partial charge on any atom is 0.0950 e. The van der Waals surface area contributed by atoms with Crippen molar-refractivity contribution in [3.05, 3.63) is 35.4 Å². The summed E-state index contributed by atoms with van der Waals surface area (Å²) in [5.74, 6) is 0. The fourth-order valence-corrected chi connectivity index (χ4v) is 1.60. The molecule has 0 radical (unpaired) electrons. The van der Waals surface area contributed by atoms with E-state index in [1.807, 2.05) is 0 Å². The molecule has 3 heteroatoms. The summed E-state index contributed by atoms with van der Waals surface area (Å²) in [6.07, 6.45) is 0.102. The SMILES string of the molecule is CCNCC(OCCOC)c1ccc(C)cc1. The Kier molecular flexibility index (Phi) is 6.86. The molecular formula is C14H23NO2. The Balaban J connectivity index is 2.57. The second kappa shape index (κ2) is 8.23. The van der Waals surface area contributed by atoms with Gasteiger partial charge in [-0.05, 0) is 19.0 Å². The van der Waals surface area contributed by atoms with E-state index in [1.165, 1.54) is 11.1 Å². The molecule has 1 aromatic carbocycles. The highest BCUT2D eigenvalue weighted by Gasteiger charge is 2.10. The van der Waals surface area contributed by atoms with E-state index in [1.54, 1.807) is 7.11 Å². The molecule has 0 amide bonds. The van der Waals surface area contributed by atoms with Crippen LogP contribution in [-0.4, -0.2) is 33.4 Å². The van der Waals surface area contributed by atoms with Gasteiger partial charge >= 0.3 is 0 Å². The van der Waals surface area contributed by atoms with Gasteiger partial charge in [0.05, 0.1) is 19.3 Å². The minimum atomic E-state index is 0.102. The molecule has 96 valence electrons. The number of nitrogens with one attached hydrogen (secondary N) is 1. The molecule has 3 nitrogen and oxygen atoms in total. The van der Waals surface area contributed by atoms with Crippen LogP contribution in [0.2, 0.25) is 0 Å². The number of rotatable bonds is 8. The van der Waals surface area contributed by atoms with Crippen LogP contribution in [0.5, 0.6) is 0 Å². The molecule has 0 aliphatic carbocycles. The minimum Gasteiger partial charge on any atom is -0.382 e. The van der Waals surface area contributed by atoms with Gasteiger partial charge < -0.3 is 14.8 Å². The highest BCUT2D eigenvalue weighted by Crippen LogP contribution is 2.17. The van der Waals surface area contributed by atoms with Gasteiger partial charge in [0.25, 0.3) is 0 Å². The number of aryl methyl sites for hydroxylation is 1. The Bertz CT molecular complexity index is 298. The summed E-state index contributed by atoms with van der Waals surface area (Å²) < 4.78 is 10.8. The van der Waals surface area contributed by atoms with Crippen LogP contribution >= 0.6 is 0 Å². The fourth-order valence-electron chi connectivity index (χ4n) is 1.60. The van der Waals surface area contributed by atoms with Crippen LogP contribution in [0.4, 0.5) is 0 Å². The molecule has 0 aromatic heterocycles. The number of likely N-dealkylation sites (N-methyl/N-ethyl adjacent to an activating group) is 1. The monoisotopic (exact) mass is 237 g/mol. The van der Waals surface area contributed by atoms with E-state index in [2.05, 4.69) is 43.4 Å². The molecule has 0 spiro atoms. The molecule has 1 N–H and O–H groups in total. The van der Waals surface area contributed by atoms with Gasteiger partial charge in [0, 0.05) is 13.7 Å². The van der Waals surface area contributed by atoms with Crippen molar-refractivity contribution in [2.45, 2.75) is 20.0 Å². The lowest BCUT2D eigenvalue weighted by atomic mass is 10.1. The smallest absolute Gasteiger partial charge is 0.0950 e. The first-order chi connectivity index (χ1) is 8.27. The largest absolute Gasteiger partial charge is 0.382 e. The van der Waals surface area contributed by atoms with Crippen molar-refractivity contribution >= 4 is 0 Å². The average Bonchev–Trinajstić information content (AvgIpc) is 2.35. The zero-order chi connectivity index (χ0) is 12.5. The van der Waals surface area contributed by atoms with Gasteiger partial charge in [0.15, 0.2) is 0 Å². The normalized spacial score (nSPS) is 12.6. The Morgan fingerprint density at radius 1 is 1.18 bits per heavy atom. The zero-order valence-electron chi connectivity index (χ0n) is 11.0. The van der Waals surface area contributed by atoms with Crippen LogP contribution < -0.4 is 5.32 Å². The third kappa shape index (κ3) is 5.31. The van der Waals surface area contributed by atoms with Crippen LogP contribution in [0.1, 0.15) is 24.2 Å². The lowest BCUT2D eigenvalue weighted by Crippen LogP contribution is -2.24. The van der Waals surface area contributed by atoms with Gasteiger partial charge in [-0.15, -0.1) is 0 Å². The molecule has 0 aliphatic heterocycles. The summed E-state index contributed by atoms with van der Waals surface area (Å²) >= 11 is 0. The third-order valence-corrected chi connectivity index (χ3v) is 2.64. The maximum absolute atomic E-state index is 5.82. The van der Waals surface area contributed by atoms with E-state index in [9.17, 15) is 0 Å².